The molecule has 2 nitrogen and oxygen atoms in total. The average molecular weight is 181 g/mol. The van der Waals surface area contributed by atoms with Gasteiger partial charge < -0.3 is 0 Å². The Morgan fingerprint density at radius 2 is 1.83 bits per heavy atom. The normalized spacial score (nSPS) is 20.0. The van der Waals surface area contributed by atoms with Crippen LogP contribution in [0.25, 0.3) is 0 Å². The minimum Gasteiger partial charge on any atom is -0.237 e. The van der Waals surface area contributed by atoms with Crippen LogP contribution < -0.4 is 0 Å². The summed E-state index contributed by atoms with van der Waals surface area (Å²) in [7, 11) is -0.908. The van der Waals surface area contributed by atoms with Gasteiger partial charge in [-0.15, -0.1) is 0 Å². The van der Waals surface area contributed by atoms with Gasteiger partial charge in [-0.05, 0) is 18.6 Å². The lowest BCUT2D eigenvalue weighted by atomic mass is 10.3. The summed E-state index contributed by atoms with van der Waals surface area (Å²) in [5.74, 6) is 0. The van der Waals surface area contributed by atoms with Crippen LogP contribution in [0.15, 0.2) is 35.2 Å². The van der Waals surface area contributed by atoms with E-state index < -0.39 is 11.0 Å². The summed E-state index contributed by atoms with van der Waals surface area (Å²) >= 11 is 0. The lowest BCUT2D eigenvalue weighted by Crippen LogP contribution is -2.38. The molecular weight excluding hydrogens is 170 g/mol. The van der Waals surface area contributed by atoms with Crippen LogP contribution in [-0.2, 0) is 11.0 Å². The van der Waals surface area contributed by atoms with Crippen LogP contribution in [0.3, 0.4) is 0 Å². The molecule has 12 heavy (non-hydrogen) atoms. The van der Waals surface area contributed by atoms with Crippen LogP contribution >= 0.6 is 0 Å². The predicted octanol–water partition coefficient (Wildman–Crippen LogP) is 1.41. The molecule has 0 N–H and O–H groups in total. The molecule has 1 aromatic carbocycles. The molecule has 0 radical (unpaired) electrons. The number of benzene rings is 1. The lowest BCUT2D eigenvalue weighted by molar-refractivity contribution is 0.328. The van der Waals surface area contributed by atoms with E-state index in [-0.39, 0.29) is 0 Å². The molecule has 0 aromatic heterocycles. The Morgan fingerprint density at radius 3 is 2.33 bits per heavy atom. The zero-order chi connectivity index (χ0) is 8.39. The number of rotatable bonds is 2. The Kier molecular flexibility index (Phi) is 2.23. The largest absolute Gasteiger partial charge is 0.237 e. The van der Waals surface area contributed by atoms with E-state index in [0.717, 1.165) is 18.0 Å². The zero-order valence-electron chi connectivity index (χ0n) is 6.77. The first-order valence-electron chi connectivity index (χ1n) is 4.10. The molecule has 1 aromatic rings. The van der Waals surface area contributed by atoms with E-state index in [9.17, 15) is 4.21 Å². The van der Waals surface area contributed by atoms with Crippen molar-refractivity contribution in [2.24, 2.45) is 0 Å². The van der Waals surface area contributed by atoms with Crippen molar-refractivity contribution < 1.29 is 4.21 Å². The molecule has 1 unspecified atom stereocenters. The summed E-state index contributed by atoms with van der Waals surface area (Å²) in [6.07, 6.45) is 1.18. The van der Waals surface area contributed by atoms with E-state index in [2.05, 4.69) is 0 Å². The Morgan fingerprint density at radius 1 is 1.17 bits per heavy atom. The highest BCUT2D eigenvalue weighted by Gasteiger charge is 2.20. The summed E-state index contributed by atoms with van der Waals surface area (Å²) in [6, 6.07) is 9.61. The summed E-state index contributed by atoms with van der Waals surface area (Å²) in [5, 5.41) is 0. The molecule has 0 saturated carbocycles. The van der Waals surface area contributed by atoms with Gasteiger partial charge in [0.15, 0.2) is 0 Å². The molecule has 0 spiro atoms. The third-order valence-corrected chi connectivity index (χ3v) is 3.50. The highest BCUT2D eigenvalue weighted by molar-refractivity contribution is 7.82. The molecular formula is C9H11NOS. The average Bonchev–Trinajstić information content (AvgIpc) is 2.03. The Balaban J connectivity index is 2.14. The Labute approximate surface area is 74.8 Å². The van der Waals surface area contributed by atoms with Gasteiger partial charge in [0.1, 0.15) is 11.0 Å². The van der Waals surface area contributed by atoms with Gasteiger partial charge in [-0.1, -0.05) is 18.2 Å². The molecule has 64 valence electrons. The molecule has 1 aliphatic rings. The van der Waals surface area contributed by atoms with E-state index in [1.54, 1.807) is 0 Å². The first kappa shape index (κ1) is 7.95. The fourth-order valence-electron chi connectivity index (χ4n) is 1.14. The summed E-state index contributed by atoms with van der Waals surface area (Å²) in [5.41, 5.74) is 0. The SMILES string of the molecule is O=S(c1ccccc1)N1CCC1. The van der Waals surface area contributed by atoms with E-state index in [1.807, 2.05) is 34.6 Å². The summed E-state index contributed by atoms with van der Waals surface area (Å²) in [4.78, 5) is 0.914. The molecule has 2 rings (SSSR count). The van der Waals surface area contributed by atoms with Crippen LogP contribution in [0.4, 0.5) is 0 Å². The number of hydrogen-bond acceptors (Lipinski definition) is 1. The van der Waals surface area contributed by atoms with Crippen molar-refractivity contribution in [2.45, 2.75) is 11.3 Å². The van der Waals surface area contributed by atoms with Crippen molar-refractivity contribution in [3.05, 3.63) is 30.3 Å². The van der Waals surface area contributed by atoms with Crippen molar-refractivity contribution in [3.8, 4) is 0 Å². The molecule has 0 amide bonds. The Hall–Kier alpha value is -0.670. The van der Waals surface area contributed by atoms with Gasteiger partial charge in [-0.2, -0.15) is 0 Å². The number of nitrogens with zero attached hydrogens (tertiary/aromatic N) is 1. The van der Waals surface area contributed by atoms with Gasteiger partial charge >= 0.3 is 0 Å². The smallest absolute Gasteiger partial charge is 0.127 e. The van der Waals surface area contributed by atoms with Crippen molar-refractivity contribution in [2.75, 3.05) is 13.1 Å². The third kappa shape index (κ3) is 1.42. The first-order chi connectivity index (χ1) is 5.88. The summed E-state index contributed by atoms with van der Waals surface area (Å²) < 4.78 is 13.6. The standard InChI is InChI=1S/C9H11NOS/c11-12(10-7-4-8-10)9-5-2-1-3-6-9/h1-3,5-6H,4,7-8H2. The maximum absolute atomic E-state index is 11.7. The lowest BCUT2D eigenvalue weighted by Gasteiger charge is -2.28. The molecule has 0 bridgehead atoms. The highest BCUT2D eigenvalue weighted by Crippen LogP contribution is 2.16. The fraction of sp³-hybridized carbons (Fsp3) is 0.333. The monoisotopic (exact) mass is 181 g/mol. The van der Waals surface area contributed by atoms with Crippen molar-refractivity contribution in [3.63, 3.8) is 0 Å². The van der Waals surface area contributed by atoms with Crippen LogP contribution in [-0.4, -0.2) is 21.6 Å². The molecule has 1 fully saturated rings. The molecule has 1 saturated heterocycles. The van der Waals surface area contributed by atoms with Crippen molar-refractivity contribution in [1.82, 2.24) is 4.31 Å². The minimum atomic E-state index is -0.908. The topological polar surface area (TPSA) is 20.3 Å². The van der Waals surface area contributed by atoms with Gasteiger partial charge in [-0.3, -0.25) is 0 Å². The van der Waals surface area contributed by atoms with Crippen LogP contribution in [0.1, 0.15) is 6.42 Å². The van der Waals surface area contributed by atoms with Gasteiger partial charge in [0, 0.05) is 13.1 Å². The van der Waals surface area contributed by atoms with E-state index in [1.165, 1.54) is 6.42 Å². The second-order valence-electron chi connectivity index (χ2n) is 2.84. The second-order valence-corrected chi connectivity index (χ2v) is 4.33. The van der Waals surface area contributed by atoms with Gasteiger partial charge in [0.25, 0.3) is 0 Å². The van der Waals surface area contributed by atoms with Gasteiger partial charge in [-0.25, -0.2) is 8.51 Å². The van der Waals surface area contributed by atoms with Crippen molar-refractivity contribution >= 4 is 11.0 Å². The zero-order valence-corrected chi connectivity index (χ0v) is 7.59. The Bertz CT molecular complexity index is 282. The fourth-order valence-corrected chi connectivity index (χ4v) is 2.42. The number of hydrogen-bond donors (Lipinski definition) is 0. The van der Waals surface area contributed by atoms with E-state index in [4.69, 9.17) is 0 Å². The first-order valence-corrected chi connectivity index (χ1v) is 5.20. The predicted molar refractivity (Wildman–Crippen MR) is 49.0 cm³/mol. The van der Waals surface area contributed by atoms with Gasteiger partial charge in [0.05, 0.1) is 4.90 Å². The van der Waals surface area contributed by atoms with Crippen LogP contribution in [0, 0.1) is 0 Å². The molecule has 1 atom stereocenters. The van der Waals surface area contributed by atoms with Crippen LogP contribution in [0.2, 0.25) is 0 Å². The van der Waals surface area contributed by atoms with E-state index >= 15 is 0 Å². The molecule has 1 heterocycles. The van der Waals surface area contributed by atoms with Crippen molar-refractivity contribution in [1.29, 1.82) is 0 Å². The van der Waals surface area contributed by atoms with Crippen LogP contribution in [0.5, 0.6) is 0 Å². The molecule has 1 aliphatic heterocycles. The molecule has 0 aliphatic carbocycles. The molecule has 3 heteroatoms. The third-order valence-electron chi connectivity index (χ3n) is 1.99. The highest BCUT2D eigenvalue weighted by atomic mass is 32.2. The maximum Gasteiger partial charge on any atom is 0.127 e. The van der Waals surface area contributed by atoms with E-state index in [0.29, 0.717) is 0 Å². The second kappa shape index (κ2) is 3.37. The minimum absolute atomic E-state index is 0.908. The van der Waals surface area contributed by atoms with Gasteiger partial charge in [0.2, 0.25) is 0 Å². The quantitative estimate of drug-likeness (QED) is 0.675. The summed E-state index contributed by atoms with van der Waals surface area (Å²) in [6.45, 7) is 1.95. The maximum atomic E-state index is 11.7.